The number of ether oxygens (including phenoxy) is 4. The quantitative estimate of drug-likeness (QED) is 0.509. The van der Waals surface area contributed by atoms with Gasteiger partial charge in [0.05, 0.1) is 50.6 Å². The maximum Gasteiger partial charge on any atom is 0.270 e. The Morgan fingerprint density at radius 3 is 2.85 bits per heavy atom. The molecule has 5 rings (SSSR count). The first-order valence-electron chi connectivity index (χ1n) is 11.3. The zero-order valence-electron chi connectivity index (χ0n) is 18.8. The van der Waals surface area contributed by atoms with Crippen molar-refractivity contribution in [2.24, 2.45) is 0 Å². The monoisotopic (exact) mass is 469 g/mol. The number of aliphatic hydroxyl groups is 1. The molecule has 11 heteroatoms. The number of aliphatic hydroxyl groups excluding tert-OH is 1. The summed E-state index contributed by atoms with van der Waals surface area (Å²) in [5.74, 6) is 1.76. The highest BCUT2D eigenvalue weighted by atomic mass is 16.6. The van der Waals surface area contributed by atoms with Crippen LogP contribution in [0.5, 0.6) is 17.4 Å². The predicted molar refractivity (Wildman–Crippen MR) is 121 cm³/mol. The summed E-state index contributed by atoms with van der Waals surface area (Å²) in [7, 11) is 1.51. The summed E-state index contributed by atoms with van der Waals surface area (Å²) in [6.07, 6.45) is 3.15. The van der Waals surface area contributed by atoms with Crippen molar-refractivity contribution in [2.45, 2.75) is 44.2 Å². The molecule has 0 bridgehead atoms. The van der Waals surface area contributed by atoms with Crippen LogP contribution in [0.2, 0.25) is 0 Å². The van der Waals surface area contributed by atoms with Crippen molar-refractivity contribution >= 4 is 11.2 Å². The van der Waals surface area contributed by atoms with Crippen LogP contribution in [-0.2, 0) is 17.8 Å². The lowest BCUT2D eigenvalue weighted by Crippen LogP contribution is -2.45. The van der Waals surface area contributed by atoms with E-state index in [-0.39, 0.29) is 24.2 Å². The molecular weight excluding hydrogens is 442 g/mol. The molecule has 1 fully saturated rings. The molecule has 3 atom stereocenters. The van der Waals surface area contributed by atoms with Gasteiger partial charge in [-0.05, 0) is 18.9 Å². The van der Waals surface area contributed by atoms with E-state index in [0.717, 1.165) is 12.1 Å². The second-order valence-electron chi connectivity index (χ2n) is 8.32. The highest BCUT2D eigenvalue weighted by molar-refractivity contribution is 5.70. The van der Waals surface area contributed by atoms with E-state index >= 15 is 0 Å². The van der Waals surface area contributed by atoms with Crippen molar-refractivity contribution in [2.75, 3.05) is 26.9 Å². The molecule has 1 saturated heterocycles. The van der Waals surface area contributed by atoms with Crippen molar-refractivity contribution in [1.29, 1.82) is 0 Å². The van der Waals surface area contributed by atoms with Gasteiger partial charge in [-0.3, -0.25) is 14.3 Å². The third-order valence-electron chi connectivity index (χ3n) is 6.04. The Bertz CT molecular complexity index is 1210. The Morgan fingerprint density at radius 1 is 1.21 bits per heavy atom. The molecule has 0 aliphatic carbocycles. The maximum absolute atomic E-state index is 12.4. The van der Waals surface area contributed by atoms with Gasteiger partial charge < -0.3 is 29.4 Å². The maximum atomic E-state index is 12.4. The number of nitrogens with one attached hydrogen (secondary N) is 1. The third kappa shape index (κ3) is 4.81. The lowest BCUT2D eigenvalue weighted by atomic mass is 10.0. The van der Waals surface area contributed by atoms with Gasteiger partial charge in [0.25, 0.3) is 5.56 Å². The number of nitrogens with zero attached hydrogens (tertiary/aromatic N) is 4. The van der Waals surface area contributed by atoms with Crippen molar-refractivity contribution in [3.8, 4) is 17.4 Å². The molecule has 2 aliphatic rings. The van der Waals surface area contributed by atoms with Gasteiger partial charge >= 0.3 is 0 Å². The first-order valence-corrected chi connectivity index (χ1v) is 11.3. The second-order valence-corrected chi connectivity index (χ2v) is 8.32. The van der Waals surface area contributed by atoms with Crippen LogP contribution in [0.3, 0.4) is 0 Å². The van der Waals surface area contributed by atoms with Gasteiger partial charge in [0.1, 0.15) is 18.7 Å². The molecule has 0 aromatic carbocycles. The lowest BCUT2D eigenvalue weighted by molar-refractivity contribution is -0.0771. The van der Waals surface area contributed by atoms with Crippen molar-refractivity contribution in [3.63, 3.8) is 0 Å². The van der Waals surface area contributed by atoms with Crippen LogP contribution in [0.15, 0.2) is 35.4 Å². The Labute approximate surface area is 195 Å². The largest absolute Gasteiger partial charge is 0.486 e. The van der Waals surface area contributed by atoms with E-state index in [9.17, 15) is 9.90 Å². The molecule has 180 valence electrons. The molecule has 2 N–H and O–H groups in total. The molecule has 34 heavy (non-hydrogen) atoms. The molecule has 11 nitrogen and oxygen atoms in total. The minimum absolute atomic E-state index is 0.0574. The fraction of sp³-hybridized carbons (Fsp3) is 0.478. The van der Waals surface area contributed by atoms with E-state index in [1.165, 1.54) is 17.9 Å². The number of methoxy groups -OCH3 is 1. The van der Waals surface area contributed by atoms with E-state index in [1.807, 2.05) is 6.07 Å². The highest BCUT2D eigenvalue weighted by Crippen LogP contribution is 2.29. The molecule has 3 aromatic rings. The van der Waals surface area contributed by atoms with Gasteiger partial charge in [0, 0.05) is 24.7 Å². The molecular formula is C23H27N5O6. The van der Waals surface area contributed by atoms with Gasteiger partial charge in [-0.2, -0.15) is 4.98 Å². The van der Waals surface area contributed by atoms with Crippen LogP contribution in [0.25, 0.3) is 11.2 Å². The number of hydrogen-bond donors (Lipinski definition) is 2. The van der Waals surface area contributed by atoms with Gasteiger partial charge in [-0.25, -0.2) is 4.98 Å². The fourth-order valence-electron chi connectivity index (χ4n) is 4.19. The molecule has 1 unspecified atom stereocenters. The van der Waals surface area contributed by atoms with Gasteiger partial charge in [0.2, 0.25) is 5.88 Å². The smallest absolute Gasteiger partial charge is 0.270 e. The topological polar surface area (TPSA) is 130 Å². The molecule has 2 aliphatic heterocycles. The molecule has 3 aromatic heterocycles. The fourth-order valence-corrected chi connectivity index (χ4v) is 4.19. The number of rotatable bonds is 7. The number of aromatic nitrogens is 4. The van der Waals surface area contributed by atoms with Crippen molar-refractivity contribution in [3.05, 3.63) is 46.6 Å². The van der Waals surface area contributed by atoms with E-state index in [1.54, 1.807) is 18.3 Å². The number of pyridine rings is 2. The standard InChI is InChI=1S/C23H27N5O6/c1-31-21-5-3-16-23(27-21)28(22(30)11-26-16)12-17(29)18-4-2-14(13-34-18)24-9-15-8-19-20(10-25-15)33-7-6-32-19/h3,5,8,10-11,14,17-18,24,29H,2,4,6-7,9,12-13H2,1H3/t14-,17+,18?/m1/s1. The Morgan fingerprint density at radius 2 is 2.06 bits per heavy atom. The summed E-state index contributed by atoms with van der Waals surface area (Å²) < 4.78 is 23.6. The molecule has 0 radical (unpaired) electrons. The van der Waals surface area contributed by atoms with E-state index < -0.39 is 6.10 Å². The Kier molecular flexibility index (Phi) is 6.57. The zero-order valence-corrected chi connectivity index (χ0v) is 18.8. The number of fused-ring (bicyclic) bond motifs is 2. The van der Waals surface area contributed by atoms with Crippen LogP contribution in [0.1, 0.15) is 18.5 Å². The normalized spacial score (nSPS) is 20.8. The molecule has 5 heterocycles. The van der Waals surface area contributed by atoms with Crippen LogP contribution >= 0.6 is 0 Å². The summed E-state index contributed by atoms with van der Waals surface area (Å²) in [4.78, 5) is 25.3. The average Bonchev–Trinajstić information content (AvgIpc) is 2.89. The van der Waals surface area contributed by atoms with Crippen LogP contribution in [-0.4, -0.2) is 69.8 Å². The minimum Gasteiger partial charge on any atom is -0.486 e. The summed E-state index contributed by atoms with van der Waals surface area (Å²) in [6, 6.07) is 5.43. The summed E-state index contributed by atoms with van der Waals surface area (Å²) in [5.41, 5.74) is 1.44. The molecule has 0 amide bonds. The zero-order chi connectivity index (χ0) is 23.5. The SMILES string of the molecule is COc1ccc2ncc(=O)n(C[C@H](O)C3CC[C@@H](NCc4cc5c(cn4)OCCO5)CO3)c2n1. The third-order valence-corrected chi connectivity index (χ3v) is 6.04. The van der Waals surface area contributed by atoms with Gasteiger partial charge in [0.15, 0.2) is 17.1 Å². The molecule has 0 saturated carbocycles. The lowest BCUT2D eigenvalue weighted by Gasteiger charge is -2.32. The van der Waals surface area contributed by atoms with E-state index in [0.29, 0.717) is 61.3 Å². The second kappa shape index (κ2) is 9.92. The van der Waals surface area contributed by atoms with Crippen LogP contribution < -0.4 is 25.1 Å². The average molecular weight is 469 g/mol. The van der Waals surface area contributed by atoms with Crippen molar-refractivity contribution < 1.29 is 24.1 Å². The Hall–Kier alpha value is -3.28. The van der Waals surface area contributed by atoms with Crippen LogP contribution in [0.4, 0.5) is 0 Å². The van der Waals surface area contributed by atoms with E-state index in [4.69, 9.17) is 18.9 Å². The molecule has 0 spiro atoms. The van der Waals surface area contributed by atoms with E-state index in [2.05, 4.69) is 20.3 Å². The summed E-state index contributed by atoms with van der Waals surface area (Å²) >= 11 is 0. The first kappa shape index (κ1) is 22.5. The van der Waals surface area contributed by atoms with Crippen molar-refractivity contribution in [1.82, 2.24) is 24.8 Å². The minimum atomic E-state index is -0.864. The number of hydrogen-bond acceptors (Lipinski definition) is 10. The highest BCUT2D eigenvalue weighted by Gasteiger charge is 2.28. The van der Waals surface area contributed by atoms with Crippen LogP contribution in [0, 0.1) is 0 Å². The predicted octanol–water partition coefficient (Wildman–Crippen LogP) is 0.665. The van der Waals surface area contributed by atoms with Gasteiger partial charge in [-0.1, -0.05) is 0 Å². The Balaban J connectivity index is 1.17. The van der Waals surface area contributed by atoms with Gasteiger partial charge in [-0.15, -0.1) is 0 Å². The first-order chi connectivity index (χ1) is 16.6. The summed E-state index contributed by atoms with van der Waals surface area (Å²) in [6.45, 7) is 2.15. The summed E-state index contributed by atoms with van der Waals surface area (Å²) in [5, 5.41) is 14.3.